The van der Waals surface area contributed by atoms with Crippen LogP contribution in [0.5, 0.6) is 0 Å². The monoisotopic (exact) mass is 364 g/mol. The minimum atomic E-state index is 0.155. The first-order valence-corrected chi connectivity index (χ1v) is 10.1. The van der Waals surface area contributed by atoms with E-state index >= 15 is 0 Å². The lowest BCUT2D eigenvalue weighted by molar-refractivity contribution is 0.620. The van der Waals surface area contributed by atoms with Gasteiger partial charge in [0, 0.05) is 17.7 Å². The first-order valence-electron chi connectivity index (χ1n) is 9.00. The highest BCUT2D eigenvalue weighted by molar-refractivity contribution is 7.99. The van der Waals surface area contributed by atoms with E-state index in [0.29, 0.717) is 11.7 Å². The Morgan fingerprint density at radius 1 is 1.12 bits per heavy atom. The minimum absolute atomic E-state index is 0.155. The number of anilines is 3. The zero-order valence-corrected chi connectivity index (χ0v) is 16.0. The van der Waals surface area contributed by atoms with Gasteiger partial charge in [-0.15, -0.1) is 11.8 Å². The second-order valence-electron chi connectivity index (χ2n) is 7.08. The van der Waals surface area contributed by atoms with Crippen molar-refractivity contribution < 1.29 is 0 Å². The number of hydrogen-bond acceptors (Lipinski definition) is 5. The molecular weight excluding hydrogens is 340 g/mol. The predicted octanol–water partition coefficient (Wildman–Crippen LogP) is 4.92. The van der Waals surface area contributed by atoms with E-state index in [1.807, 2.05) is 23.9 Å². The van der Waals surface area contributed by atoms with Crippen molar-refractivity contribution in [3.63, 3.8) is 0 Å². The molecule has 0 saturated heterocycles. The molecule has 3 N–H and O–H groups in total. The Kier molecular flexibility index (Phi) is 4.64. The molecule has 134 valence electrons. The molecule has 2 heterocycles. The van der Waals surface area contributed by atoms with Gasteiger partial charge in [-0.3, -0.25) is 0 Å². The van der Waals surface area contributed by atoms with Crippen LogP contribution in [-0.2, 0) is 5.75 Å². The standard InChI is InChI=1S/C21H24N4S/c1-14(2)12-25-19-16-10-6-7-11-17(16)23-20(22)18(19)24-21(25)26-13-15-8-4-3-5-9-15/h3-11,14,21,24H,12-13H2,1-2H3,(H2,22,23). The maximum absolute atomic E-state index is 6.29. The summed E-state index contributed by atoms with van der Waals surface area (Å²) in [5, 5.41) is 4.78. The van der Waals surface area contributed by atoms with E-state index < -0.39 is 0 Å². The molecule has 0 spiro atoms. The van der Waals surface area contributed by atoms with Crippen LogP contribution in [0.3, 0.4) is 0 Å². The fourth-order valence-electron chi connectivity index (χ4n) is 3.43. The summed E-state index contributed by atoms with van der Waals surface area (Å²) < 4.78 is 0. The van der Waals surface area contributed by atoms with Crippen molar-refractivity contribution in [2.24, 2.45) is 5.92 Å². The highest BCUT2D eigenvalue weighted by atomic mass is 32.2. The highest BCUT2D eigenvalue weighted by Crippen LogP contribution is 2.46. The molecule has 26 heavy (non-hydrogen) atoms. The molecular formula is C21H24N4S. The summed E-state index contributed by atoms with van der Waals surface area (Å²) in [5.41, 5.74) is 10.9. The fourth-order valence-corrected chi connectivity index (χ4v) is 4.55. The van der Waals surface area contributed by atoms with Gasteiger partial charge < -0.3 is 16.0 Å². The van der Waals surface area contributed by atoms with Gasteiger partial charge in [0.05, 0.1) is 11.2 Å². The topological polar surface area (TPSA) is 54.2 Å². The van der Waals surface area contributed by atoms with Gasteiger partial charge in [0.25, 0.3) is 0 Å². The van der Waals surface area contributed by atoms with E-state index in [4.69, 9.17) is 5.73 Å². The van der Waals surface area contributed by atoms with Crippen molar-refractivity contribution in [2.45, 2.75) is 25.1 Å². The SMILES string of the molecule is CC(C)CN1c2c(c(N)nc3ccccc23)NC1SCc1ccccc1. The molecule has 4 nitrogen and oxygen atoms in total. The van der Waals surface area contributed by atoms with Gasteiger partial charge in [0.2, 0.25) is 0 Å². The number of rotatable bonds is 5. The Balaban J connectivity index is 1.70. The van der Waals surface area contributed by atoms with E-state index in [9.17, 15) is 0 Å². The first-order chi connectivity index (χ1) is 12.6. The van der Waals surface area contributed by atoms with E-state index in [2.05, 4.69) is 71.5 Å². The summed E-state index contributed by atoms with van der Waals surface area (Å²) in [7, 11) is 0. The first kappa shape index (κ1) is 17.0. The van der Waals surface area contributed by atoms with Gasteiger partial charge >= 0.3 is 0 Å². The van der Waals surface area contributed by atoms with Crippen LogP contribution in [-0.4, -0.2) is 17.0 Å². The molecule has 1 atom stereocenters. The van der Waals surface area contributed by atoms with Gasteiger partial charge in [-0.1, -0.05) is 62.4 Å². The van der Waals surface area contributed by atoms with Crippen LogP contribution in [0.2, 0.25) is 0 Å². The van der Waals surface area contributed by atoms with E-state index in [1.165, 1.54) is 11.3 Å². The van der Waals surface area contributed by atoms with Gasteiger partial charge in [0.15, 0.2) is 0 Å². The number of thioether (sulfide) groups is 1. The molecule has 0 amide bonds. The molecule has 5 heteroatoms. The molecule has 0 aliphatic carbocycles. The van der Waals surface area contributed by atoms with Crippen molar-refractivity contribution in [3.8, 4) is 0 Å². The molecule has 4 rings (SSSR count). The Morgan fingerprint density at radius 2 is 1.85 bits per heavy atom. The molecule has 1 aliphatic rings. The number of benzene rings is 2. The summed E-state index contributed by atoms with van der Waals surface area (Å²) in [6.45, 7) is 5.48. The van der Waals surface area contributed by atoms with Crippen molar-refractivity contribution in [2.75, 3.05) is 22.5 Å². The number of para-hydroxylation sites is 1. The largest absolute Gasteiger partial charge is 0.382 e. The van der Waals surface area contributed by atoms with Crippen LogP contribution in [0.1, 0.15) is 19.4 Å². The summed E-state index contributed by atoms with van der Waals surface area (Å²) in [5.74, 6) is 2.08. The smallest absolute Gasteiger partial charge is 0.149 e. The van der Waals surface area contributed by atoms with Crippen LogP contribution >= 0.6 is 11.8 Å². The van der Waals surface area contributed by atoms with Crippen LogP contribution in [0.15, 0.2) is 54.6 Å². The summed E-state index contributed by atoms with van der Waals surface area (Å²) in [6, 6.07) is 18.8. The number of nitrogens with two attached hydrogens (primary N) is 1. The lowest BCUT2D eigenvalue weighted by atomic mass is 10.1. The Labute approximate surface area is 158 Å². The highest BCUT2D eigenvalue weighted by Gasteiger charge is 2.33. The van der Waals surface area contributed by atoms with Crippen molar-refractivity contribution >= 4 is 39.9 Å². The van der Waals surface area contributed by atoms with Gasteiger partial charge in [-0.05, 0) is 17.5 Å². The average Bonchev–Trinajstić information content (AvgIpc) is 3.00. The van der Waals surface area contributed by atoms with Crippen molar-refractivity contribution in [3.05, 3.63) is 60.2 Å². The molecule has 0 bridgehead atoms. The van der Waals surface area contributed by atoms with Crippen molar-refractivity contribution in [1.29, 1.82) is 0 Å². The van der Waals surface area contributed by atoms with Gasteiger partial charge in [0.1, 0.15) is 17.0 Å². The Bertz CT molecular complexity index is 911. The third kappa shape index (κ3) is 3.19. The molecule has 1 unspecified atom stereocenters. The average molecular weight is 365 g/mol. The maximum atomic E-state index is 6.29. The second kappa shape index (κ2) is 7.08. The van der Waals surface area contributed by atoms with Gasteiger partial charge in [-0.25, -0.2) is 4.98 Å². The fraction of sp³-hybridized carbons (Fsp3) is 0.286. The lowest BCUT2D eigenvalue weighted by Gasteiger charge is -2.28. The third-order valence-electron chi connectivity index (χ3n) is 4.54. The number of hydrogen-bond donors (Lipinski definition) is 2. The van der Waals surface area contributed by atoms with E-state index in [0.717, 1.165) is 28.9 Å². The van der Waals surface area contributed by atoms with Crippen LogP contribution < -0.4 is 16.0 Å². The van der Waals surface area contributed by atoms with Crippen LogP contribution in [0, 0.1) is 5.92 Å². The summed E-state index contributed by atoms with van der Waals surface area (Å²) in [4.78, 5) is 7.05. The number of aromatic nitrogens is 1. The molecule has 2 aromatic carbocycles. The second-order valence-corrected chi connectivity index (χ2v) is 8.15. The molecule has 0 radical (unpaired) electrons. The Hall–Kier alpha value is -2.40. The normalized spacial score (nSPS) is 16.1. The predicted molar refractivity (Wildman–Crippen MR) is 113 cm³/mol. The molecule has 0 fully saturated rings. The number of nitrogens with one attached hydrogen (secondary N) is 1. The number of pyridine rings is 1. The summed E-state index contributed by atoms with van der Waals surface area (Å²) in [6.07, 6.45) is 0. The number of nitrogen functional groups attached to an aromatic ring is 1. The molecule has 0 saturated carbocycles. The van der Waals surface area contributed by atoms with Gasteiger partial charge in [-0.2, -0.15) is 0 Å². The number of nitrogens with zero attached hydrogens (tertiary/aromatic N) is 2. The van der Waals surface area contributed by atoms with Crippen LogP contribution in [0.25, 0.3) is 10.9 Å². The Morgan fingerprint density at radius 3 is 2.62 bits per heavy atom. The third-order valence-corrected chi connectivity index (χ3v) is 5.73. The molecule has 1 aliphatic heterocycles. The molecule has 3 aromatic rings. The quantitative estimate of drug-likeness (QED) is 0.673. The van der Waals surface area contributed by atoms with E-state index in [-0.39, 0.29) is 5.50 Å². The van der Waals surface area contributed by atoms with Crippen molar-refractivity contribution in [1.82, 2.24) is 4.98 Å². The minimum Gasteiger partial charge on any atom is -0.382 e. The number of fused-ring (bicyclic) bond motifs is 3. The lowest BCUT2D eigenvalue weighted by Crippen LogP contribution is -2.35. The zero-order valence-electron chi connectivity index (χ0n) is 15.1. The maximum Gasteiger partial charge on any atom is 0.149 e. The van der Waals surface area contributed by atoms with Crippen LogP contribution in [0.4, 0.5) is 17.2 Å². The molecule has 1 aromatic heterocycles. The summed E-state index contributed by atoms with van der Waals surface area (Å²) >= 11 is 1.89. The van der Waals surface area contributed by atoms with E-state index in [1.54, 1.807) is 0 Å². The zero-order chi connectivity index (χ0) is 18.1.